The van der Waals surface area contributed by atoms with Crippen LogP contribution in [0.4, 0.5) is 26.3 Å². The van der Waals surface area contributed by atoms with Gasteiger partial charge in [-0.25, -0.2) is 0 Å². The Morgan fingerprint density at radius 3 is 1.59 bits per heavy atom. The van der Waals surface area contributed by atoms with Crippen molar-refractivity contribution in [3.05, 3.63) is 19.8 Å². The second-order valence-electron chi connectivity index (χ2n) is 6.59. The Balaban J connectivity index is 3.51. The van der Waals surface area contributed by atoms with Gasteiger partial charge < -0.3 is 0 Å². The summed E-state index contributed by atoms with van der Waals surface area (Å²) in [5, 5.41) is -10.4. The van der Waals surface area contributed by atoms with Crippen molar-refractivity contribution in [2.75, 3.05) is 19.6 Å². The van der Waals surface area contributed by atoms with E-state index < -0.39 is 49.9 Å². The van der Waals surface area contributed by atoms with Crippen LogP contribution in [0.15, 0.2) is 19.8 Å². The summed E-state index contributed by atoms with van der Waals surface area (Å²) in [5.74, 6) is 0. The first kappa shape index (κ1) is 25.4. The van der Waals surface area contributed by atoms with Crippen molar-refractivity contribution in [3.63, 3.8) is 0 Å². The number of alkyl halides is 6. The molecule has 1 aliphatic carbocycles. The summed E-state index contributed by atoms with van der Waals surface area (Å²) in [6.45, 7) is 7.44. The zero-order chi connectivity index (χ0) is 20.7. The van der Waals surface area contributed by atoms with Crippen molar-refractivity contribution in [1.29, 1.82) is 0 Å². The van der Waals surface area contributed by atoms with Crippen LogP contribution in [0, 0.1) is 0 Å². The van der Waals surface area contributed by atoms with E-state index in [1.807, 2.05) is 20.8 Å². The van der Waals surface area contributed by atoms with E-state index in [4.69, 9.17) is 0 Å². The summed E-state index contributed by atoms with van der Waals surface area (Å²) in [6.07, 6.45) is 4.96. The molecule has 1 aliphatic rings. The molecule has 3 nitrogen and oxygen atoms in total. The van der Waals surface area contributed by atoms with Crippen LogP contribution in [0.1, 0.15) is 46.5 Å². The fourth-order valence-corrected chi connectivity index (χ4v) is 21.0. The third-order valence-electron chi connectivity index (χ3n) is 4.31. The predicted octanol–water partition coefficient (Wildman–Crippen LogP) is 4.07. The molecule has 0 aromatic carbocycles. The second kappa shape index (κ2) is 10.9. The van der Waals surface area contributed by atoms with Crippen LogP contribution in [-0.2, 0) is 21.1 Å². The van der Waals surface area contributed by atoms with Gasteiger partial charge in [-0.1, -0.05) is 0 Å². The van der Waals surface area contributed by atoms with Gasteiger partial charge in [0.25, 0.3) is 0 Å². The maximum absolute atomic E-state index is 13.4. The third-order valence-corrected chi connectivity index (χ3v) is 20.2. The van der Waals surface area contributed by atoms with Crippen LogP contribution in [0.25, 0.3) is 0 Å². The van der Waals surface area contributed by atoms with Crippen molar-refractivity contribution in [3.8, 4) is 0 Å². The van der Waals surface area contributed by atoms with Crippen LogP contribution in [-0.4, -0.2) is 44.0 Å². The molecule has 158 valence electrons. The quantitative estimate of drug-likeness (QED) is 0.273. The van der Waals surface area contributed by atoms with Gasteiger partial charge in [0, 0.05) is 0 Å². The van der Waals surface area contributed by atoms with E-state index in [0.717, 1.165) is 25.3 Å². The molecule has 27 heavy (non-hydrogen) atoms. The molecule has 1 rings (SSSR count). The Morgan fingerprint density at radius 2 is 1.26 bits per heavy atom. The van der Waals surface area contributed by atoms with Gasteiger partial charge in [-0.05, 0) is 0 Å². The van der Waals surface area contributed by atoms with E-state index in [-0.39, 0.29) is 6.42 Å². The van der Waals surface area contributed by atoms with Gasteiger partial charge >= 0.3 is 168 Å². The topological polar surface area (TPSA) is 36.1 Å². The summed E-state index contributed by atoms with van der Waals surface area (Å²) in [5.41, 5.74) is 0. The Kier molecular flexibility index (Phi) is 10.3. The molecule has 0 saturated carbocycles. The van der Waals surface area contributed by atoms with E-state index in [1.54, 1.807) is 0 Å². The van der Waals surface area contributed by atoms with Gasteiger partial charge in [0.2, 0.25) is 0 Å². The predicted molar refractivity (Wildman–Crippen MR) is 94.9 cm³/mol. The molecule has 0 atom stereocenters. The van der Waals surface area contributed by atoms with Gasteiger partial charge in [-0.15, -0.1) is 0 Å². The number of halogens is 6. The molecule has 0 bridgehead atoms. The van der Waals surface area contributed by atoms with Gasteiger partial charge in [-0.2, -0.15) is 0 Å². The molecular weight excluding hydrogens is 512 g/mol. The molecule has 0 spiro atoms. The normalized spacial score (nSPS) is 16.1. The SMILES string of the molecule is CCC[NH][Zr]([NH]CCC)([NH]CCC)[C]1=[C]([GeH]([C](F)(F)F)[C](F)(F)F)C=CC1. The van der Waals surface area contributed by atoms with Crippen molar-refractivity contribution >= 4 is 14.3 Å². The Bertz CT molecular complexity index is 497. The molecule has 0 aromatic rings. The van der Waals surface area contributed by atoms with E-state index in [9.17, 15) is 26.3 Å². The van der Waals surface area contributed by atoms with Crippen molar-refractivity contribution in [1.82, 2.24) is 9.78 Å². The molecule has 3 N–H and O–H groups in total. The minimum atomic E-state index is -5.81. The molecule has 0 amide bonds. The van der Waals surface area contributed by atoms with Crippen LogP contribution in [0.5, 0.6) is 0 Å². The van der Waals surface area contributed by atoms with E-state index in [1.165, 1.54) is 6.08 Å². The zero-order valence-corrected chi connectivity index (χ0v) is 20.8. The molecule has 0 aromatic heterocycles. The number of hydrogen-bond acceptors (Lipinski definition) is 3. The Morgan fingerprint density at radius 1 is 0.852 bits per heavy atom. The summed E-state index contributed by atoms with van der Waals surface area (Å²) in [7, 11) is 0. The first-order valence-corrected chi connectivity index (χ1v) is 17.9. The van der Waals surface area contributed by atoms with Crippen molar-refractivity contribution < 1.29 is 47.5 Å². The molecule has 0 aliphatic heterocycles. The summed E-state index contributed by atoms with van der Waals surface area (Å²) in [4.78, 5) is 0. The average molecular weight is 541 g/mol. The fraction of sp³-hybridized carbons (Fsp3) is 0.750. The van der Waals surface area contributed by atoms with E-state index in [0.29, 0.717) is 22.9 Å². The number of allylic oxidation sites excluding steroid dienone is 4. The van der Waals surface area contributed by atoms with Gasteiger partial charge in [-0.3, -0.25) is 0 Å². The van der Waals surface area contributed by atoms with Crippen molar-refractivity contribution in [2.45, 2.75) is 56.5 Å². The number of nitrogens with one attached hydrogen (secondary N) is 3. The first-order valence-electron chi connectivity index (χ1n) is 9.32. The average Bonchev–Trinajstić information content (AvgIpc) is 3.01. The van der Waals surface area contributed by atoms with Gasteiger partial charge in [0.1, 0.15) is 0 Å². The Hall–Kier alpha value is 0.366. The van der Waals surface area contributed by atoms with Gasteiger partial charge in [0.15, 0.2) is 0 Å². The molecular formula is C16H29F6GeN3Zr. The minimum absolute atomic E-state index is 0.156. The molecule has 0 saturated heterocycles. The van der Waals surface area contributed by atoms with E-state index in [2.05, 4.69) is 9.78 Å². The van der Waals surface area contributed by atoms with Crippen LogP contribution >= 0.6 is 0 Å². The molecule has 0 radical (unpaired) electrons. The third kappa shape index (κ3) is 6.98. The molecule has 0 unspecified atom stereocenters. The monoisotopic (exact) mass is 541 g/mol. The molecule has 0 fully saturated rings. The van der Waals surface area contributed by atoms with E-state index >= 15 is 0 Å². The standard InChI is InChI=1S/C7H5F6Ge.3C3H8N.Zr/c8-6(9,10)14(7(11,12)13)5-3-1-2-4-5;3*1-2-3-4;/h1,3,14H,2H2;3*4H,2-3H2,1H3;/q;3*-1;+3. The number of rotatable bonds is 11. The van der Waals surface area contributed by atoms with Crippen LogP contribution < -0.4 is 9.78 Å². The van der Waals surface area contributed by atoms with Crippen molar-refractivity contribution in [2.24, 2.45) is 0 Å². The summed E-state index contributed by atoms with van der Waals surface area (Å²) >= 11 is -9.84. The zero-order valence-electron chi connectivity index (χ0n) is 15.9. The maximum atomic E-state index is 13.4. The summed E-state index contributed by atoms with van der Waals surface area (Å²) < 4.78 is 90.7. The molecule has 11 heteroatoms. The first-order chi connectivity index (χ1) is 12.5. The van der Waals surface area contributed by atoms with Crippen LogP contribution in [0.2, 0.25) is 0 Å². The Labute approximate surface area is 167 Å². The fourth-order valence-electron chi connectivity index (χ4n) is 3.15. The van der Waals surface area contributed by atoms with Gasteiger partial charge in [0.05, 0.1) is 0 Å². The van der Waals surface area contributed by atoms with Crippen LogP contribution in [0.3, 0.4) is 0 Å². The second-order valence-corrected chi connectivity index (χ2v) is 20.2. The summed E-state index contributed by atoms with van der Waals surface area (Å²) in [6, 6.07) is 0. The number of hydrogen-bond donors (Lipinski definition) is 3. The molecule has 0 heterocycles.